The average molecular weight is 245 g/mol. The van der Waals surface area contributed by atoms with Crippen LogP contribution >= 0.6 is 0 Å². The van der Waals surface area contributed by atoms with Gasteiger partial charge in [0.2, 0.25) is 5.44 Å². The van der Waals surface area contributed by atoms with E-state index in [1.54, 1.807) is 32.0 Å². The number of nitrogen functional groups attached to an aromatic ring is 1. The minimum atomic E-state index is -4.19. The summed E-state index contributed by atoms with van der Waals surface area (Å²) in [5.41, 5.74) is 5.77. The van der Waals surface area contributed by atoms with Crippen molar-refractivity contribution in [2.75, 3.05) is 5.73 Å². The molecule has 0 aliphatic carbocycles. The van der Waals surface area contributed by atoms with Crippen LogP contribution in [0.2, 0.25) is 0 Å². The molecule has 0 amide bonds. The maximum atomic E-state index is 10.9. The highest BCUT2D eigenvalue weighted by Crippen LogP contribution is 2.21. The Labute approximate surface area is 95.0 Å². The third kappa shape index (κ3) is 3.11. The van der Waals surface area contributed by atoms with Gasteiger partial charge in [-0.15, -0.1) is 0 Å². The van der Waals surface area contributed by atoms with Crippen LogP contribution in [-0.2, 0) is 10.1 Å². The first-order valence-electron chi connectivity index (χ1n) is 4.83. The number of nitrogens with two attached hydrogens (primary N) is 1. The van der Waals surface area contributed by atoms with E-state index in [-0.39, 0.29) is 6.42 Å². The normalized spacial score (nSPS) is 13.4. The van der Waals surface area contributed by atoms with Gasteiger partial charge in [-0.3, -0.25) is 4.55 Å². The molecule has 0 fully saturated rings. The highest BCUT2D eigenvalue weighted by Gasteiger charge is 2.22. The Balaban J connectivity index is 2.91. The molecule has 0 aromatic heterocycles. The summed E-state index contributed by atoms with van der Waals surface area (Å²) in [6, 6.07) is 4.82. The molecule has 0 spiro atoms. The minimum Gasteiger partial charge on any atom is -0.472 e. The second-order valence-electron chi connectivity index (χ2n) is 3.49. The van der Waals surface area contributed by atoms with Crippen LogP contribution in [0.25, 0.3) is 0 Å². The predicted octanol–water partition coefficient (Wildman–Crippen LogP) is 1.58. The zero-order valence-electron chi connectivity index (χ0n) is 9.17. The zero-order chi connectivity index (χ0) is 12.3. The van der Waals surface area contributed by atoms with Crippen molar-refractivity contribution < 1.29 is 17.7 Å². The molecule has 1 rings (SSSR count). The smallest absolute Gasteiger partial charge is 0.303 e. The van der Waals surface area contributed by atoms with Gasteiger partial charge in [0.25, 0.3) is 0 Å². The Morgan fingerprint density at radius 1 is 1.50 bits per heavy atom. The third-order valence-corrected chi connectivity index (χ3v) is 3.27. The standard InChI is InChI=1S/C10H15NO4S/c1-3-10(16(12,13)14)15-8-4-5-9(11)7(2)6-8/h4-6,10H,3,11H2,1-2H3,(H,12,13,14). The zero-order valence-corrected chi connectivity index (χ0v) is 9.99. The average Bonchev–Trinajstić information content (AvgIpc) is 2.18. The Morgan fingerprint density at radius 2 is 2.12 bits per heavy atom. The largest absolute Gasteiger partial charge is 0.472 e. The quantitative estimate of drug-likeness (QED) is 0.621. The summed E-state index contributed by atoms with van der Waals surface area (Å²) in [6.45, 7) is 3.40. The lowest BCUT2D eigenvalue weighted by Crippen LogP contribution is -2.26. The second kappa shape index (κ2) is 4.71. The van der Waals surface area contributed by atoms with E-state index in [2.05, 4.69) is 0 Å². The Bertz CT molecular complexity index is 470. The Kier molecular flexibility index (Phi) is 3.77. The van der Waals surface area contributed by atoms with Crippen LogP contribution in [0.15, 0.2) is 18.2 Å². The predicted molar refractivity (Wildman–Crippen MR) is 61.8 cm³/mol. The molecule has 0 saturated carbocycles. The Morgan fingerprint density at radius 3 is 2.56 bits per heavy atom. The van der Waals surface area contributed by atoms with Gasteiger partial charge in [0.05, 0.1) is 0 Å². The van der Waals surface area contributed by atoms with Gasteiger partial charge in [-0.2, -0.15) is 8.42 Å². The molecule has 1 unspecified atom stereocenters. The number of hydrogen-bond acceptors (Lipinski definition) is 4. The van der Waals surface area contributed by atoms with Crippen LogP contribution in [0, 0.1) is 6.92 Å². The van der Waals surface area contributed by atoms with Crippen molar-refractivity contribution in [2.45, 2.75) is 25.7 Å². The van der Waals surface area contributed by atoms with Crippen LogP contribution in [0.3, 0.4) is 0 Å². The number of rotatable bonds is 4. The van der Waals surface area contributed by atoms with E-state index in [0.717, 1.165) is 5.56 Å². The molecule has 0 bridgehead atoms. The van der Waals surface area contributed by atoms with Gasteiger partial charge in [-0.05, 0) is 37.1 Å². The number of benzene rings is 1. The molecule has 1 aromatic carbocycles. The summed E-state index contributed by atoms with van der Waals surface area (Å²) in [7, 11) is -4.19. The highest BCUT2D eigenvalue weighted by atomic mass is 32.2. The lowest BCUT2D eigenvalue weighted by molar-refractivity contribution is 0.252. The van der Waals surface area contributed by atoms with Gasteiger partial charge in [0.15, 0.2) is 0 Å². The highest BCUT2D eigenvalue weighted by molar-refractivity contribution is 7.86. The van der Waals surface area contributed by atoms with Gasteiger partial charge in [-0.1, -0.05) is 6.92 Å². The lowest BCUT2D eigenvalue weighted by Gasteiger charge is -2.15. The molecule has 0 radical (unpaired) electrons. The van der Waals surface area contributed by atoms with Crippen LogP contribution in [0.4, 0.5) is 5.69 Å². The van der Waals surface area contributed by atoms with E-state index in [4.69, 9.17) is 15.0 Å². The van der Waals surface area contributed by atoms with Crippen molar-refractivity contribution in [2.24, 2.45) is 0 Å². The Hall–Kier alpha value is -1.27. The van der Waals surface area contributed by atoms with Gasteiger partial charge in [-0.25, -0.2) is 0 Å². The monoisotopic (exact) mass is 245 g/mol. The molecule has 0 aliphatic rings. The van der Waals surface area contributed by atoms with Crippen LogP contribution < -0.4 is 10.5 Å². The first-order valence-corrected chi connectivity index (χ1v) is 6.34. The molecule has 0 saturated heterocycles. The van der Waals surface area contributed by atoms with Crippen molar-refractivity contribution in [1.29, 1.82) is 0 Å². The second-order valence-corrected chi connectivity index (χ2v) is 5.04. The number of hydrogen-bond donors (Lipinski definition) is 2. The van der Waals surface area contributed by atoms with Crippen molar-refractivity contribution in [1.82, 2.24) is 0 Å². The van der Waals surface area contributed by atoms with E-state index in [1.807, 2.05) is 0 Å². The fourth-order valence-electron chi connectivity index (χ4n) is 1.23. The molecular weight excluding hydrogens is 230 g/mol. The van der Waals surface area contributed by atoms with Gasteiger partial charge in [0.1, 0.15) is 5.75 Å². The third-order valence-electron chi connectivity index (χ3n) is 2.17. The topological polar surface area (TPSA) is 89.6 Å². The maximum absolute atomic E-state index is 10.9. The van der Waals surface area contributed by atoms with Crippen molar-refractivity contribution in [3.05, 3.63) is 23.8 Å². The van der Waals surface area contributed by atoms with Crippen LogP contribution in [0.5, 0.6) is 5.75 Å². The molecule has 1 atom stereocenters. The molecule has 90 valence electrons. The molecule has 1 aromatic rings. The summed E-state index contributed by atoms with van der Waals surface area (Å²) in [5, 5.41) is 0. The minimum absolute atomic E-state index is 0.169. The van der Waals surface area contributed by atoms with Crippen molar-refractivity contribution in [3.63, 3.8) is 0 Å². The van der Waals surface area contributed by atoms with E-state index in [0.29, 0.717) is 11.4 Å². The summed E-state index contributed by atoms with van der Waals surface area (Å²) >= 11 is 0. The fraction of sp³-hybridized carbons (Fsp3) is 0.400. The number of aryl methyl sites for hydroxylation is 1. The van der Waals surface area contributed by atoms with Crippen molar-refractivity contribution >= 4 is 15.8 Å². The summed E-state index contributed by atoms with van der Waals surface area (Å²) in [5.74, 6) is 0.371. The molecule has 16 heavy (non-hydrogen) atoms. The fourth-order valence-corrected chi connectivity index (χ4v) is 1.88. The van der Waals surface area contributed by atoms with Crippen molar-refractivity contribution in [3.8, 4) is 5.75 Å². The van der Waals surface area contributed by atoms with E-state index in [9.17, 15) is 8.42 Å². The summed E-state index contributed by atoms with van der Waals surface area (Å²) < 4.78 is 35.9. The SMILES string of the molecule is CCC(Oc1ccc(N)c(C)c1)S(=O)(=O)O. The number of anilines is 1. The lowest BCUT2D eigenvalue weighted by atomic mass is 10.2. The van der Waals surface area contributed by atoms with Gasteiger partial charge >= 0.3 is 10.1 Å². The van der Waals surface area contributed by atoms with E-state index < -0.39 is 15.6 Å². The molecule has 6 heteroatoms. The first kappa shape index (κ1) is 12.8. The molecule has 5 nitrogen and oxygen atoms in total. The maximum Gasteiger partial charge on any atom is 0.303 e. The van der Waals surface area contributed by atoms with Gasteiger partial charge < -0.3 is 10.5 Å². The van der Waals surface area contributed by atoms with E-state index >= 15 is 0 Å². The van der Waals surface area contributed by atoms with Gasteiger partial charge in [0, 0.05) is 5.69 Å². The number of ether oxygens (including phenoxy) is 1. The van der Waals surface area contributed by atoms with Crippen LogP contribution in [0.1, 0.15) is 18.9 Å². The molecule has 3 N–H and O–H groups in total. The molecule has 0 heterocycles. The summed E-state index contributed by atoms with van der Waals surface area (Å²) in [4.78, 5) is 0. The first-order chi connectivity index (χ1) is 7.34. The summed E-state index contributed by atoms with van der Waals surface area (Å²) in [6.07, 6.45) is 0.169. The molecular formula is C10H15NO4S. The van der Waals surface area contributed by atoms with E-state index in [1.165, 1.54) is 0 Å². The van der Waals surface area contributed by atoms with Crippen LogP contribution in [-0.4, -0.2) is 18.4 Å². The molecule has 0 aliphatic heterocycles.